The van der Waals surface area contributed by atoms with Crippen LogP contribution in [-0.2, 0) is 24.8 Å². The summed E-state index contributed by atoms with van der Waals surface area (Å²) in [5, 5.41) is 5.31. The van der Waals surface area contributed by atoms with Gasteiger partial charge in [0, 0.05) is 56.8 Å². The van der Waals surface area contributed by atoms with Crippen LogP contribution >= 0.6 is 0 Å². The highest BCUT2D eigenvalue weighted by molar-refractivity contribution is 5.83. The number of fused-ring (bicyclic) bond motifs is 1. The van der Waals surface area contributed by atoms with Crippen molar-refractivity contribution < 1.29 is 9.26 Å². The first-order valence-corrected chi connectivity index (χ1v) is 10.8. The summed E-state index contributed by atoms with van der Waals surface area (Å²) in [5.74, 6) is 2.08. The molecule has 5 rings (SSSR count). The second kappa shape index (κ2) is 7.58. The number of piperidine rings is 1. The molecule has 0 bridgehead atoms. The van der Waals surface area contributed by atoms with Gasteiger partial charge >= 0.3 is 0 Å². The topological polar surface area (TPSA) is 56.3 Å². The lowest BCUT2D eigenvalue weighted by molar-refractivity contribution is -0.128. The molecule has 0 saturated carbocycles. The minimum atomic E-state index is 0.0350. The molecule has 2 aromatic heterocycles. The van der Waals surface area contributed by atoms with Crippen molar-refractivity contribution in [1.29, 1.82) is 0 Å². The highest BCUT2D eigenvalue weighted by Gasteiger charge is 2.40. The van der Waals surface area contributed by atoms with Crippen LogP contribution in [0.25, 0.3) is 10.9 Å². The fourth-order valence-corrected chi connectivity index (χ4v) is 5.23. The van der Waals surface area contributed by atoms with Gasteiger partial charge in [-0.05, 0) is 50.2 Å². The lowest BCUT2D eigenvalue weighted by Crippen LogP contribution is -2.49. The van der Waals surface area contributed by atoms with Crippen molar-refractivity contribution in [2.45, 2.75) is 51.2 Å². The Hall–Kier alpha value is -2.18. The third kappa shape index (κ3) is 3.83. The maximum absolute atomic E-state index is 6.36. The van der Waals surface area contributed by atoms with E-state index in [0.29, 0.717) is 5.92 Å². The molecule has 2 saturated heterocycles. The first-order chi connectivity index (χ1) is 14.1. The summed E-state index contributed by atoms with van der Waals surface area (Å²) in [7, 11) is 2.14. The van der Waals surface area contributed by atoms with E-state index in [2.05, 4.69) is 57.1 Å². The number of likely N-dealkylation sites (tertiary alicyclic amines) is 1. The number of hydrogen-bond acceptors (Lipinski definition) is 5. The average Bonchev–Trinajstić information content (AvgIpc) is 3.27. The van der Waals surface area contributed by atoms with Crippen molar-refractivity contribution in [2.24, 2.45) is 13.0 Å². The lowest BCUT2D eigenvalue weighted by Gasteiger charge is -2.46. The molecule has 2 fully saturated rings. The van der Waals surface area contributed by atoms with Crippen molar-refractivity contribution >= 4 is 10.9 Å². The molecule has 3 aromatic rings. The second-order valence-corrected chi connectivity index (χ2v) is 8.89. The minimum Gasteiger partial charge on any atom is -0.375 e. The summed E-state index contributed by atoms with van der Waals surface area (Å²) in [6.45, 7) is 5.93. The maximum atomic E-state index is 6.36. The molecule has 6 nitrogen and oxygen atoms in total. The summed E-state index contributed by atoms with van der Waals surface area (Å²) < 4.78 is 13.9. The first kappa shape index (κ1) is 18.8. The van der Waals surface area contributed by atoms with E-state index in [0.717, 1.165) is 70.1 Å². The van der Waals surface area contributed by atoms with E-state index in [1.165, 1.54) is 16.5 Å². The molecule has 1 spiro atoms. The molecule has 1 aromatic carbocycles. The summed E-state index contributed by atoms with van der Waals surface area (Å²) in [6, 6.07) is 8.69. The number of benzene rings is 1. The molecule has 154 valence electrons. The van der Waals surface area contributed by atoms with Crippen LogP contribution in [0.1, 0.15) is 43.0 Å². The number of ether oxygens (including phenoxy) is 1. The van der Waals surface area contributed by atoms with Crippen molar-refractivity contribution in [3.05, 3.63) is 47.7 Å². The SMILES string of the molecule is Cc1noc(CC2CCOC3(CCN(Cc4cn(C)c5ccccc45)CC3)C2)n1. The standard InChI is InChI=1S/C23H30N4O2/c1-17-24-22(29-25-17)13-18-7-12-28-23(14-18)8-10-27(11-9-23)16-19-15-26(2)21-6-4-3-5-20(19)21/h3-6,15,18H,7-14,16H2,1-2H3. The van der Waals surface area contributed by atoms with Gasteiger partial charge < -0.3 is 13.8 Å². The van der Waals surface area contributed by atoms with Gasteiger partial charge in [0.25, 0.3) is 0 Å². The Morgan fingerprint density at radius 3 is 2.83 bits per heavy atom. The lowest BCUT2D eigenvalue weighted by atomic mass is 9.78. The Labute approximate surface area is 171 Å². The average molecular weight is 395 g/mol. The van der Waals surface area contributed by atoms with Crippen LogP contribution in [0.4, 0.5) is 0 Å². The summed E-state index contributed by atoms with van der Waals surface area (Å²) in [6.07, 6.45) is 7.58. The fourth-order valence-electron chi connectivity index (χ4n) is 5.23. The predicted molar refractivity (Wildman–Crippen MR) is 112 cm³/mol. The van der Waals surface area contributed by atoms with Gasteiger partial charge in [0.1, 0.15) is 0 Å². The quantitative estimate of drug-likeness (QED) is 0.672. The van der Waals surface area contributed by atoms with Crippen LogP contribution < -0.4 is 0 Å². The number of aryl methyl sites for hydroxylation is 2. The molecule has 6 heteroatoms. The number of rotatable bonds is 4. The third-order valence-electron chi connectivity index (χ3n) is 6.77. The molecular weight excluding hydrogens is 364 g/mol. The van der Waals surface area contributed by atoms with Crippen LogP contribution in [0, 0.1) is 12.8 Å². The van der Waals surface area contributed by atoms with Gasteiger partial charge in [-0.25, -0.2) is 0 Å². The van der Waals surface area contributed by atoms with E-state index in [4.69, 9.17) is 9.26 Å². The maximum Gasteiger partial charge on any atom is 0.226 e. The Morgan fingerprint density at radius 2 is 2.03 bits per heavy atom. The van der Waals surface area contributed by atoms with Crippen LogP contribution in [0.15, 0.2) is 35.0 Å². The molecule has 29 heavy (non-hydrogen) atoms. The van der Waals surface area contributed by atoms with Crippen molar-refractivity contribution in [3.8, 4) is 0 Å². The van der Waals surface area contributed by atoms with Gasteiger partial charge in [0.2, 0.25) is 5.89 Å². The van der Waals surface area contributed by atoms with Gasteiger partial charge in [-0.2, -0.15) is 4.98 Å². The molecule has 0 aliphatic carbocycles. The Morgan fingerprint density at radius 1 is 1.21 bits per heavy atom. The smallest absolute Gasteiger partial charge is 0.226 e. The van der Waals surface area contributed by atoms with Gasteiger partial charge in [0.05, 0.1) is 5.60 Å². The van der Waals surface area contributed by atoms with E-state index < -0.39 is 0 Å². The number of aromatic nitrogens is 3. The monoisotopic (exact) mass is 394 g/mol. The zero-order chi connectivity index (χ0) is 19.8. The molecule has 2 aliphatic rings. The zero-order valence-electron chi connectivity index (χ0n) is 17.4. The molecule has 0 radical (unpaired) electrons. The molecule has 0 N–H and O–H groups in total. The third-order valence-corrected chi connectivity index (χ3v) is 6.77. The fraction of sp³-hybridized carbons (Fsp3) is 0.565. The van der Waals surface area contributed by atoms with E-state index >= 15 is 0 Å². The Bertz CT molecular complexity index is 984. The molecule has 2 aliphatic heterocycles. The van der Waals surface area contributed by atoms with Crippen molar-refractivity contribution in [3.63, 3.8) is 0 Å². The predicted octanol–water partition coefficient (Wildman–Crippen LogP) is 3.87. The largest absolute Gasteiger partial charge is 0.375 e. The van der Waals surface area contributed by atoms with Crippen LogP contribution in [0.5, 0.6) is 0 Å². The normalized spacial score (nSPS) is 22.5. The highest BCUT2D eigenvalue weighted by atomic mass is 16.5. The van der Waals surface area contributed by atoms with Gasteiger partial charge in [0.15, 0.2) is 5.82 Å². The number of nitrogens with zero attached hydrogens (tertiary/aromatic N) is 4. The Kier molecular flexibility index (Phi) is 4.92. The number of hydrogen-bond donors (Lipinski definition) is 0. The second-order valence-electron chi connectivity index (χ2n) is 8.89. The Balaban J connectivity index is 1.21. The summed E-state index contributed by atoms with van der Waals surface area (Å²) in [4.78, 5) is 6.98. The summed E-state index contributed by atoms with van der Waals surface area (Å²) >= 11 is 0. The minimum absolute atomic E-state index is 0.0350. The first-order valence-electron chi connectivity index (χ1n) is 10.8. The summed E-state index contributed by atoms with van der Waals surface area (Å²) in [5.41, 5.74) is 2.77. The van der Waals surface area contributed by atoms with Crippen LogP contribution in [-0.4, -0.2) is 44.9 Å². The van der Waals surface area contributed by atoms with Gasteiger partial charge in [-0.3, -0.25) is 4.90 Å². The van der Waals surface area contributed by atoms with Crippen molar-refractivity contribution in [2.75, 3.05) is 19.7 Å². The molecule has 4 heterocycles. The molecular formula is C23H30N4O2. The van der Waals surface area contributed by atoms with E-state index in [1.54, 1.807) is 0 Å². The highest BCUT2D eigenvalue weighted by Crippen LogP contribution is 2.39. The van der Waals surface area contributed by atoms with E-state index in [-0.39, 0.29) is 5.60 Å². The van der Waals surface area contributed by atoms with Gasteiger partial charge in [-0.1, -0.05) is 23.4 Å². The van der Waals surface area contributed by atoms with Crippen LogP contribution in [0.3, 0.4) is 0 Å². The molecule has 1 atom stereocenters. The van der Waals surface area contributed by atoms with Crippen LogP contribution in [0.2, 0.25) is 0 Å². The number of para-hydroxylation sites is 1. The van der Waals surface area contributed by atoms with E-state index in [1.807, 2.05) is 6.92 Å². The van der Waals surface area contributed by atoms with E-state index in [9.17, 15) is 0 Å². The van der Waals surface area contributed by atoms with Crippen molar-refractivity contribution in [1.82, 2.24) is 19.6 Å². The zero-order valence-corrected chi connectivity index (χ0v) is 17.4. The van der Waals surface area contributed by atoms with Gasteiger partial charge in [-0.15, -0.1) is 0 Å². The molecule has 0 amide bonds. The molecule has 1 unspecified atom stereocenters.